The van der Waals surface area contributed by atoms with E-state index in [-0.39, 0.29) is 40.0 Å². The third kappa shape index (κ3) is 4.44. The van der Waals surface area contributed by atoms with Crippen molar-refractivity contribution in [2.75, 3.05) is 33.4 Å². The lowest BCUT2D eigenvalue weighted by Gasteiger charge is -2.44. The summed E-state index contributed by atoms with van der Waals surface area (Å²) in [6.45, 7) is 3.54. The molecular formula is C26H30ClFN2O4. The molecule has 2 aromatic rings. The van der Waals surface area contributed by atoms with Crippen LogP contribution in [0.5, 0.6) is 0 Å². The molecule has 2 aliphatic rings. The number of fused-ring (bicyclic) bond motifs is 2. The van der Waals surface area contributed by atoms with E-state index in [2.05, 4.69) is 11.4 Å². The number of carbonyl (C=O) groups excluding carboxylic acids is 2. The number of rotatable bonds is 7. The zero-order valence-corrected chi connectivity index (χ0v) is 20.2. The predicted octanol–water partition coefficient (Wildman–Crippen LogP) is 4.27. The molecule has 0 radical (unpaired) electrons. The third-order valence-electron chi connectivity index (χ3n) is 7.03. The van der Waals surface area contributed by atoms with Crippen LogP contribution < -0.4 is 5.32 Å². The van der Waals surface area contributed by atoms with Gasteiger partial charge in [0.2, 0.25) is 5.91 Å². The summed E-state index contributed by atoms with van der Waals surface area (Å²) in [6.07, 6.45) is 1.35. The van der Waals surface area contributed by atoms with Gasteiger partial charge in [0.05, 0.1) is 35.9 Å². The highest BCUT2D eigenvalue weighted by Crippen LogP contribution is 2.52. The minimum absolute atomic E-state index is 0.0174. The molecule has 1 aliphatic carbocycles. The normalized spacial score (nSPS) is 20.9. The average molecular weight is 489 g/mol. The van der Waals surface area contributed by atoms with Crippen LogP contribution >= 0.6 is 11.6 Å². The molecule has 2 amide bonds. The first-order valence-corrected chi connectivity index (χ1v) is 12.0. The molecule has 0 saturated carbocycles. The second-order valence-corrected chi connectivity index (χ2v) is 9.23. The van der Waals surface area contributed by atoms with Gasteiger partial charge >= 0.3 is 0 Å². The summed E-state index contributed by atoms with van der Waals surface area (Å²) in [5.41, 5.74) is 1.79. The fourth-order valence-electron chi connectivity index (χ4n) is 5.30. The van der Waals surface area contributed by atoms with Crippen LogP contribution in [0.2, 0.25) is 5.02 Å². The lowest BCUT2D eigenvalue weighted by atomic mass is 9.71. The number of piperidine rings is 1. The van der Waals surface area contributed by atoms with E-state index in [1.54, 1.807) is 18.1 Å². The van der Waals surface area contributed by atoms with E-state index < -0.39 is 5.82 Å². The Kier molecular flexibility index (Phi) is 7.55. The van der Waals surface area contributed by atoms with Gasteiger partial charge in [-0.15, -0.1) is 0 Å². The number of nitrogens with one attached hydrogen (secondary N) is 1. The molecule has 1 fully saturated rings. The van der Waals surface area contributed by atoms with Crippen molar-refractivity contribution >= 4 is 23.4 Å². The molecule has 1 aliphatic heterocycles. The second-order valence-electron chi connectivity index (χ2n) is 8.82. The second kappa shape index (κ2) is 10.4. The fourth-order valence-corrected chi connectivity index (χ4v) is 5.48. The molecule has 1 heterocycles. The molecule has 1 spiro atoms. The Bertz CT molecular complexity index is 1050. The zero-order chi connectivity index (χ0) is 24.3. The highest BCUT2D eigenvalue weighted by Gasteiger charge is 2.54. The fraction of sp³-hybridized carbons (Fsp3) is 0.462. The largest absolute Gasteiger partial charge is 0.382 e. The first-order valence-electron chi connectivity index (χ1n) is 11.7. The van der Waals surface area contributed by atoms with Gasteiger partial charge < -0.3 is 19.7 Å². The molecule has 34 heavy (non-hydrogen) atoms. The molecule has 0 unspecified atom stereocenters. The molecule has 1 saturated heterocycles. The maximum Gasteiger partial charge on any atom is 0.256 e. The molecule has 0 bridgehead atoms. The zero-order valence-electron chi connectivity index (χ0n) is 19.5. The van der Waals surface area contributed by atoms with Gasteiger partial charge in [-0.1, -0.05) is 48.9 Å². The van der Waals surface area contributed by atoms with E-state index >= 15 is 0 Å². The smallest absolute Gasteiger partial charge is 0.256 e. The van der Waals surface area contributed by atoms with Crippen molar-refractivity contribution in [2.24, 2.45) is 0 Å². The maximum absolute atomic E-state index is 14.5. The average Bonchev–Trinajstić information content (AvgIpc) is 3.09. The van der Waals surface area contributed by atoms with E-state index in [4.69, 9.17) is 21.1 Å². The van der Waals surface area contributed by atoms with E-state index in [1.165, 1.54) is 12.1 Å². The lowest BCUT2D eigenvalue weighted by molar-refractivity contribution is -0.123. The molecular weight excluding hydrogens is 459 g/mol. The Morgan fingerprint density at radius 1 is 1.15 bits per heavy atom. The number of ether oxygens (including phenoxy) is 2. The van der Waals surface area contributed by atoms with E-state index in [0.717, 1.165) is 11.1 Å². The molecule has 2 atom stereocenters. The number of methoxy groups -OCH3 is 1. The topological polar surface area (TPSA) is 67.9 Å². The van der Waals surface area contributed by atoms with Crippen LogP contribution in [0, 0.1) is 5.82 Å². The number of amides is 2. The summed E-state index contributed by atoms with van der Waals surface area (Å²) >= 11 is 5.89. The van der Waals surface area contributed by atoms with E-state index in [9.17, 15) is 14.0 Å². The van der Waals surface area contributed by atoms with Crippen LogP contribution in [-0.4, -0.2) is 56.2 Å². The third-order valence-corrected chi connectivity index (χ3v) is 7.32. The van der Waals surface area contributed by atoms with Crippen molar-refractivity contribution in [1.29, 1.82) is 0 Å². The van der Waals surface area contributed by atoms with Crippen LogP contribution in [-0.2, 0) is 19.7 Å². The summed E-state index contributed by atoms with van der Waals surface area (Å²) < 4.78 is 26.1. The van der Waals surface area contributed by atoms with Gasteiger partial charge in [0.15, 0.2) is 5.82 Å². The summed E-state index contributed by atoms with van der Waals surface area (Å²) in [5, 5.41) is 3.09. The lowest BCUT2D eigenvalue weighted by Crippen LogP contribution is -2.52. The van der Waals surface area contributed by atoms with Crippen molar-refractivity contribution in [3.63, 3.8) is 0 Å². The highest BCUT2D eigenvalue weighted by atomic mass is 35.5. The van der Waals surface area contributed by atoms with E-state index in [1.807, 2.05) is 25.1 Å². The van der Waals surface area contributed by atoms with Crippen molar-refractivity contribution in [3.8, 4) is 0 Å². The quantitative estimate of drug-likeness (QED) is 0.591. The van der Waals surface area contributed by atoms with Gasteiger partial charge in [-0.05, 0) is 36.1 Å². The highest BCUT2D eigenvalue weighted by molar-refractivity contribution is 6.31. The van der Waals surface area contributed by atoms with Gasteiger partial charge in [0.1, 0.15) is 0 Å². The number of hydrogen-bond donors (Lipinski definition) is 1. The number of likely N-dealkylation sites (tertiary alicyclic amines) is 1. The van der Waals surface area contributed by atoms with Gasteiger partial charge in [0, 0.05) is 32.0 Å². The van der Waals surface area contributed by atoms with Gasteiger partial charge in [0.25, 0.3) is 5.91 Å². The van der Waals surface area contributed by atoms with Gasteiger partial charge in [-0.25, -0.2) is 4.39 Å². The molecule has 2 aromatic carbocycles. The first-order chi connectivity index (χ1) is 16.4. The van der Waals surface area contributed by atoms with Crippen LogP contribution in [0.1, 0.15) is 53.7 Å². The number of benzene rings is 2. The molecule has 1 N–H and O–H groups in total. The van der Waals surface area contributed by atoms with Crippen LogP contribution in [0.15, 0.2) is 42.5 Å². The van der Waals surface area contributed by atoms with Crippen LogP contribution in [0.4, 0.5) is 4.39 Å². The molecule has 6 nitrogen and oxygen atoms in total. The number of halogens is 2. The van der Waals surface area contributed by atoms with Crippen molar-refractivity contribution in [3.05, 3.63) is 70.0 Å². The standard InChI is InChI=1S/C26H30ClFN2O4/c1-3-21(31)29-23-17-7-4-5-9-19(17)26(24(23)34-16-15-33-2)11-13-30(14-12-26)25(32)18-8-6-10-20(27)22(18)28/h4-10,23-24H,3,11-16H2,1-2H3,(H,29,31)/t23-,24+/m1/s1. The Labute approximate surface area is 204 Å². The first kappa shape index (κ1) is 24.6. The SMILES string of the molecule is CCC(=O)N[C@@H]1c2ccccc2C2(CCN(C(=O)c3cccc(Cl)c3F)CC2)[C@H]1OCCOC. The summed E-state index contributed by atoms with van der Waals surface area (Å²) in [6, 6.07) is 12.3. The van der Waals surface area contributed by atoms with E-state index in [0.29, 0.717) is 45.6 Å². The minimum atomic E-state index is -0.691. The maximum atomic E-state index is 14.5. The molecule has 182 valence electrons. The monoisotopic (exact) mass is 488 g/mol. The number of hydrogen-bond acceptors (Lipinski definition) is 4. The summed E-state index contributed by atoms with van der Waals surface area (Å²) in [7, 11) is 1.62. The Balaban J connectivity index is 1.62. The number of nitrogens with zero attached hydrogens (tertiary/aromatic N) is 1. The van der Waals surface area contributed by atoms with Crippen molar-refractivity contribution in [1.82, 2.24) is 10.2 Å². The summed E-state index contributed by atoms with van der Waals surface area (Å²) in [4.78, 5) is 27.2. The summed E-state index contributed by atoms with van der Waals surface area (Å²) in [5.74, 6) is -1.10. The van der Waals surface area contributed by atoms with Crippen LogP contribution in [0.25, 0.3) is 0 Å². The Morgan fingerprint density at radius 2 is 1.88 bits per heavy atom. The molecule has 0 aromatic heterocycles. The Morgan fingerprint density at radius 3 is 2.59 bits per heavy atom. The van der Waals surface area contributed by atoms with Crippen LogP contribution in [0.3, 0.4) is 0 Å². The minimum Gasteiger partial charge on any atom is -0.382 e. The molecule has 4 rings (SSSR count). The Hall–Kier alpha value is -2.48. The predicted molar refractivity (Wildman–Crippen MR) is 127 cm³/mol. The molecule has 8 heteroatoms. The van der Waals surface area contributed by atoms with Gasteiger partial charge in [-0.3, -0.25) is 9.59 Å². The van der Waals surface area contributed by atoms with Crippen molar-refractivity contribution < 1.29 is 23.5 Å². The van der Waals surface area contributed by atoms with Gasteiger partial charge in [-0.2, -0.15) is 0 Å². The van der Waals surface area contributed by atoms with Crippen molar-refractivity contribution in [2.45, 2.75) is 43.7 Å². The number of carbonyl (C=O) groups is 2.